The molecule has 0 aliphatic heterocycles. The van der Waals surface area contributed by atoms with E-state index >= 15 is 0 Å². The van der Waals surface area contributed by atoms with Crippen LogP contribution in [0, 0.1) is 6.92 Å². The number of carbonyl (C=O) groups excluding carboxylic acids is 2. The second-order valence-corrected chi connectivity index (χ2v) is 8.41. The predicted octanol–water partition coefficient (Wildman–Crippen LogP) is 3.74. The second kappa shape index (κ2) is 10.2. The first-order valence-electron chi connectivity index (χ1n) is 9.16. The van der Waals surface area contributed by atoms with E-state index in [-0.39, 0.29) is 23.7 Å². The average Bonchev–Trinajstić information content (AvgIpc) is 2.67. The summed E-state index contributed by atoms with van der Waals surface area (Å²) in [6.07, 6.45) is 0. The van der Waals surface area contributed by atoms with Crippen molar-refractivity contribution in [1.29, 1.82) is 0 Å². The van der Waals surface area contributed by atoms with Crippen LogP contribution in [0.15, 0.2) is 53.4 Å². The fourth-order valence-corrected chi connectivity index (χ4v) is 3.36. The van der Waals surface area contributed by atoms with Gasteiger partial charge in [-0.3, -0.25) is 9.59 Å². The molecule has 0 saturated carbocycles. The first-order valence-corrected chi connectivity index (χ1v) is 10.0. The summed E-state index contributed by atoms with van der Waals surface area (Å²) in [5.74, 6) is -0.611. The number of benzene rings is 2. The van der Waals surface area contributed by atoms with Gasteiger partial charge in [0.1, 0.15) is 5.25 Å². The lowest BCUT2D eigenvalue weighted by Gasteiger charge is -2.19. The van der Waals surface area contributed by atoms with Crippen LogP contribution in [-0.4, -0.2) is 49.8 Å². The van der Waals surface area contributed by atoms with Crippen molar-refractivity contribution < 1.29 is 14.3 Å². The Hall–Kier alpha value is -2.47. The molecular formula is C22H28N2O3S. The number of rotatable bonds is 8. The highest BCUT2D eigenvalue weighted by Crippen LogP contribution is 2.24. The highest BCUT2D eigenvalue weighted by atomic mass is 32.2. The van der Waals surface area contributed by atoms with E-state index in [1.165, 1.54) is 17.3 Å². The number of thioether (sulfide) groups is 1. The fraction of sp³-hybridized carbons (Fsp3) is 0.364. The molecule has 2 rings (SSSR count). The molecule has 0 heterocycles. The van der Waals surface area contributed by atoms with Crippen molar-refractivity contribution in [3.63, 3.8) is 0 Å². The highest BCUT2D eigenvalue weighted by molar-refractivity contribution is 8.00. The van der Waals surface area contributed by atoms with E-state index in [2.05, 4.69) is 0 Å². The quantitative estimate of drug-likeness (QED) is 0.499. The zero-order valence-electron chi connectivity index (χ0n) is 17.1. The van der Waals surface area contributed by atoms with Gasteiger partial charge in [-0.1, -0.05) is 29.8 Å². The fourth-order valence-electron chi connectivity index (χ4n) is 2.49. The Morgan fingerprint density at radius 3 is 2.18 bits per heavy atom. The van der Waals surface area contributed by atoms with Gasteiger partial charge in [0.15, 0.2) is 6.61 Å². The predicted molar refractivity (Wildman–Crippen MR) is 115 cm³/mol. The summed E-state index contributed by atoms with van der Waals surface area (Å²) in [7, 11) is 5.68. The third-order valence-electron chi connectivity index (χ3n) is 4.30. The Labute approximate surface area is 171 Å². The average molecular weight is 401 g/mol. The van der Waals surface area contributed by atoms with E-state index in [0.717, 1.165) is 16.1 Å². The van der Waals surface area contributed by atoms with E-state index in [0.29, 0.717) is 6.54 Å². The molecule has 0 aliphatic rings. The van der Waals surface area contributed by atoms with Gasteiger partial charge in [-0.2, -0.15) is 0 Å². The second-order valence-electron chi connectivity index (χ2n) is 6.99. The van der Waals surface area contributed by atoms with Crippen LogP contribution in [0.3, 0.4) is 0 Å². The molecule has 0 aliphatic carbocycles. The van der Waals surface area contributed by atoms with Crippen LogP contribution in [0.2, 0.25) is 0 Å². The number of ether oxygens (including phenoxy) is 1. The first-order chi connectivity index (χ1) is 13.3. The molecule has 0 fully saturated rings. The van der Waals surface area contributed by atoms with E-state index in [1.807, 2.05) is 74.4 Å². The van der Waals surface area contributed by atoms with Crippen molar-refractivity contribution >= 4 is 29.3 Å². The lowest BCUT2D eigenvalue weighted by molar-refractivity contribution is -0.151. The van der Waals surface area contributed by atoms with Gasteiger partial charge in [-0.15, -0.1) is 11.8 Å². The molecule has 5 nitrogen and oxygen atoms in total. The van der Waals surface area contributed by atoms with Crippen LogP contribution in [0.25, 0.3) is 0 Å². The van der Waals surface area contributed by atoms with Crippen LogP contribution < -0.4 is 4.90 Å². The molecule has 0 saturated heterocycles. The molecule has 1 amide bonds. The molecule has 0 N–H and O–H groups in total. The Bertz CT molecular complexity index is 788. The van der Waals surface area contributed by atoms with Gasteiger partial charge < -0.3 is 14.5 Å². The minimum Gasteiger partial charge on any atom is -0.455 e. The molecule has 2 aromatic carbocycles. The van der Waals surface area contributed by atoms with Crippen molar-refractivity contribution in [2.45, 2.75) is 30.5 Å². The Balaban J connectivity index is 1.79. The van der Waals surface area contributed by atoms with E-state index in [4.69, 9.17) is 4.74 Å². The number of carbonyl (C=O) groups is 2. The molecule has 0 bridgehead atoms. The van der Waals surface area contributed by atoms with Gasteiger partial charge in [-0.05, 0) is 43.7 Å². The van der Waals surface area contributed by atoms with Gasteiger partial charge in [-0.25, -0.2) is 0 Å². The van der Waals surface area contributed by atoms with Crippen LogP contribution in [0.1, 0.15) is 18.1 Å². The number of esters is 1. The maximum absolute atomic E-state index is 12.3. The molecule has 6 heteroatoms. The number of aryl methyl sites for hydroxylation is 1. The normalized spacial score (nSPS) is 11.6. The van der Waals surface area contributed by atoms with E-state index < -0.39 is 0 Å². The largest absolute Gasteiger partial charge is 0.455 e. The van der Waals surface area contributed by atoms with E-state index in [9.17, 15) is 9.59 Å². The van der Waals surface area contributed by atoms with Crippen LogP contribution in [0.4, 0.5) is 5.69 Å². The molecule has 150 valence electrons. The SMILES string of the molecule is Cc1ccc(S[C@@H](C)C(=O)OCC(=O)N(C)Cc2ccc(N(C)C)cc2)cc1. The maximum Gasteiger partial charge on any atom is 0.319 e. The molecule has 0 aromatic heterocycles. The first kappa shape index (κ1) is 21.8. The van der Waals surface area contributed by atoms with Crippen LogP contribution in [0.5, 0.6) is 0 Å². The van der Waals surface area contributed by atoms with Gasteiger partial charge >= 0.3 is 5.97 Å². The molecule has 1 atom stereocenters. The third kappa shape index (κ3) is 6.60. The minimum atomic E-state index is -0.386. The molecule has 0 spiro atoms. The number of nitrogens with zero attached hydrogens (tertiary/aromatic N) is 2. The van der Waals surface area contributed by atoms with Crippen molar-refractivity contribution in [2.24, 2.45) is 0 Å². The lowest BCUT2D eigenvalue weighted by atomic mass is 10.2. The maximum atomic E-state index is 12.3. The molecule has 0 radical (unpaired) electrons. The smallest absolute Gasteiger partial charge is 0.319 e. The summed E-state index contributed by atoms with van der Waals surface area (Å²) >= 11 is 1.42. The lowest BCUT2D eigenvalue weighted by Crippen LogP contribution is -2.32. The standard InChI is InChI=1S/C22H28N2O3S/c1-16-6-12-20(13-7-16)28-17(2)22(26)27-15-21(25)24(5)14-18-8-10-19(11-9-18)23(3)4/h6-13,17H,14-15H2,1-5H3/t17-/m0/s1. The summed E-state index contributed by atoms with van der Waals surface area (Å²) in [6.45, 7) is 4.03. The van der Waals surface area contributed by atoms with Gasteiger partial charge in [0, 0.05) is 38.3 Å². The summed E-state index contributed by atoms with van der Waals surface area (Å²) < 4.78 is 5.21. The van der Waals surface area contributed by atoms with Crippen molar-refractivity contribution in [1.82, 2.24) is 4.90 Å². The Morgan fingerprint density at radius 2 is 1.61 bits per heavy atom. The van der Waals surface area contributed by atoms with Crippen LogP contribution >= 0.6 is 11.8 Å². The van der Waals surface area contributed by atoms with Gasteiger partial charge in [0.25, 0.3) is 5.91 Å². The van der Waals surface area contributed by atoms with Crippen LogP contribution in [-0.2, 0) is 20.9 Å². The molecule has 2 aromatic rings. The number of anilines is 1. The summed E-state index contributed by atoms with van der Waals surface area (Å²) in [5, 5.41) is -0.376. The van der Waals surface area contributed by atoms with Crippen molar-refractivity contribution in [3.8, 4) is 0 Å². The molecule has 0 unspecified atom stereocenters. The van der Waals surface area contributed by atoms with E-state index in [1.54, 1.807) is 18.9 Å². The number of likely N-dealkylation sites (N-methyl/N-ethyl adjacent to an activating group) is 1. The monoisotopic (exact) mass is 400 g/mol. The third-order valence-corrected chi connectivity index (χ3v) is 5.39. The van der Waals surface area contributed by atoms with Gasteiger partial charge in [0.2, 0.25) is 0 Å². The molecule has 28 heavy (non-hydrogen) atoms. The Kier molecular flexibility index (Phi) is 7.93. The zero-order chi connectivity index (χ0) is 20.7. The summed E-state index contributed by atoms with van der Waals surface area (Å²) in [6, 6.07) is 16.0. The Morgan fingerprint density at radius 1 is 1.00 bits per heavy atom. The topological polar surface area (TPSA) is 49.9 Å². The van der Waals surface area contributed by atoms with Gasteiger partial charge in [0.05, 0.1) is 0 Å². The zero-order valence-corrected chi connectivity index (χ0v) is 18.0. The van der Waals surface area contributed by atoms with Crippen molar-refractivity contribution in [2.75, 3.05) is 32.6 Å². The number of hydrogen-bond donors (Lipinski definition) is 0. The van der Waals surface area contributed by atoms with Crippen molar-refractivity contribution in [3.05, 3.63) is 59.7 Å². The minimum absolute atomic E-state index is 0.224. The molecular weight excluding hydrogens is 372 g/mol. The highest BCUT2D eigenvalue weighted by Gasteiger charge is 2.19. The number of hydrogen-bond acceptors (Lipinski definition) is 5. The number of amides is 1. The summed E-state index contributed by atoms with van der Waals surface area (Å²) in [5.41, 5.74) is 3.30. The summed E-state index contributed by atoms with van der Waals surface area (Å²) in [4.78, 5) is 29.0.